The molecule has 1 aliphatic rings. The van der Waals surface area contributed by atoms with Crippen molar-refractivity contribution in [3.05, 3.63) is 29.8 Å². The number of piperidine rings is 1. The van der Waals surface area contributed by atoms with Gasteiger partial charge in [-0.1, -0.05) is 26.0 Å². The third-order valence-electron chi connectivity index (χ3n) is 4.09. The molecule has 2 amide bonds. The summed E-state index contributed by atoms with van der Waals surface area (Å²) in [5, 5.41) is 2.99. The van der Waals surface area contributed by atoms with Gasteiger partial charge < -0.3 is 10.2 Å². The molecule has 0 radical (unpaired) electrons. The molecule has 0 aromatic heterocycles. The summed E-state index contributed by atoms with van der Waals surface area (Å²) in [6, 6.07) is 7.83. The van der Waals surface area contributed by atoms with E-state index in [0.717, 1.165) is 24.1 Å². The van der Waals surface area contributed by atoms with Gasteiger partial charge in [-0.25, -0.2) is 0 Å². The first-order valence-corrected chi connectivity index (χ1v) is 8.11. The molecule has 1 aromatic carbocycles. The van der Waals surface area contributed by atoms with Gasteiger partial charge >= 0.3 is 0 Å². The molecular formula is C18H26N2O2. The van der Waals surface area contributed by atoms with Gasteiger partial charge in [0.25, 0.3) is 0 Å². The van der Waals surface area contributed by atoms with Crippen LogP contribution in [0, 0.1) is 18.8 Å². The van der Waals surface area contributed by atoms with Gasteiger partial charge in [-0.15, -0.1) is 0 Å². The quantitative estimate of drug-likeness (QED) is 0.928. The van der Waals surface area contributed by atoms with Gasteiger partial charge in [-0.2, -0.15) is 0 Å². The van der Waals surface area contributed by atoms with Gasteiger partial charge in [0.15, 0.2) is 0 Å². The van der Waals surface area contributed by atoms with E-state index >= 15 is 0 Å². The molecule has 4 heteroatoms. The van der Waals surface area contributed by atoms with Gasteiger partial charge in [0.2, 0.25) is 11.8 Å². The zero-order valence-corrected chi connectivity index (χ0v) is 13.8. The first-order valence-electron chi connectivity index (χ1n) is 8.11. The van der Waals surface area contributed by atoms with Gasteiger partial charge in [0, 0.05) is 31.1 Å². The van der Waals surface area contributed by atoms with Crippen LogP contribution in [0.4, 0.5) is 5.69 Å². The highest BCUT2D eigenvalue weighted by Gasteiger charge is 2.27. The van der Waals surface area contributed by atoms with Crippen LogP contribution in [-0.4, -0.2) is 29.8 Å². The van der Waals surface area contributed by atoms with Crippen molar-refractivity contribution in [2.24, 2.45) is 11.8 Å². The highest BCUT2D eigenvalue weighted by atomic mass is 16.2. The minimum atomic E-state index is 0.00334. The number of carbonyl (C=O) groups excluding carboxylic acids is 2. The van der Waals surface area contributed by atoms with Crippen molar-refractivity contribution < 1.29 is 9.59 Å². The zero-order valence-electron chi connectivity index (χ0n) is 13.8. The molecule has 0 spiro atoms. The maximum atomic E-state index is 12.3. The van der Waals surface area contributed by atoms with Crippen molar-refractivity contribution >= 4 is 17.5 Å². The fourth-order valence-corrected chi connectivity index (χ4v) is 2.84. The SMILES string of the molecule is Cc1cccc(NC(=O)C2CCN(C(=O)CC(C)C)CC2)c1. The van der Waals surface area contributed by atoms with E-state index in [0.29, 0.717) is 25.4 Å². The van der Waals surface area contributed by atoms with E-state index < -0.39 is 0 Å². The summed E-state index contributed by atoms with van der Waals surface area (Å²) in [6.07, 6.45) is 2.10. The maximum absolute atomic E-state index is 12.3. The monoisotopic (exact) mass is 302 g/mol. The number of hydrogen-bond donors (Lipinski definition) is 1. The Hall–Kier alpha value is -1.84. The van der Waals surface area contributed by atoms with Crippen LogP contribution < -0.4 is 5.32 Å². The lowest BCUT2D eigenvalue weighted by molar-refractivity contribution is -0.135. The van der Waals surface area contributed by atoms with E-state index in [-0.39, 0.29) is 17.7 Å². The third-order valence-corrected chi connectivity index (χ3v) is 4.09. The lowest BCUT2D eigenvalue weighted by atomic mass is 9.95. The van der Waals surface area contributed by atoms with Crippen LogP contribution >= 0.6 is 0 Å². The van der Waals surface area contributed by atoms with Crippen LogP contribution in [0.5, 0.6) is 0 Å². The number of aryl methyl sites for hydroxylation is 1. The average molecular weight is 302 g/mol. The summed E-state index contributed by atoms with van der Waals surface area (Å²) in [4.78, 5) is 26.3. The number of likely N-dealkylation sites (tertiary alicyclic amines) is 1. The fraction of sp³-hybridized carbons (Fsp3) is 0.556. The van der Waals surface area contributed by atoms with Crippen molar-refractivity contribution in [1.29, 1.82) is 0 Å². The molecule has 120 valence electrons. The predicted octanol–water partition coefficient (Wildman–Crippen LogP) is 3.22. The summed E-state index contributed by atoms with van der Waals surface area (Å²) in [7, 11) is 0. The summed E-state index contributed by atoms with van der Waals surface area (Å²) in [5.74, 6) is 0.674. The second-order valence-electron chi connectivity index (χ2n) is 6.61. The Balaban J connectivity index is 1.83. The minimum Gasteiger partial charge on any atom is -0.343 e. The Bertz CT molecular complexity index is 532. The molecule has 1 fully saturated rings. The van der Waals surface area contributed by atoms with Crippen LogP contribution in [0.2, 0.25) is 0 Å². The van der Waals surface area contributed by atoms with E-state index in [9.17, 15) is 9.59 Å². The zero-order chi connectivity index (χ0) is 16.1. The first kappa shape index (κ1) is 16.5. The molecule has 0 saturated carbocycles. The lowest BCUT2D eigenvalue weighted by Gasteiger charge is -2.31. The number of nitrogens with one attached hydrogen (secondary N) is 1. The van der Waals surface area contributed by atoms with Crippen molar-refractivity contribution in [2.45, 2.75) is 40.0 Å². The number of carbonyl (C=O) groups is 2. The molecule has 1 saturated heterocycles. The van der Waals surface area contributed by atoms with Gasteiger partial charge in [0.05, 0.1) is 0 Å². The number of anilines is 1. The number of hydrogen-bond acceptors (Lipinski definition) is 2. The van der Waals surface area contributed by atoms with Crippen LogP contribution in [0.1, 0.15) is 38.7 Å². The Kier molecular flexibility index (Phi) is 5.58. The topological polar surface area (TPSA) is 49.4 Å². The number of nitrogens with zero attached hydrogens (tertiary/aromatic N) is 1. The normalized spacial score (nSPS) is 15.9. The fourth-order valence-electron chi connectivity index (χ4n) is 2.84. The number of amides is 2. The van der Waals surface area contributed by atoms with E-state index in [1.54, 1.807) is 0 Å². The number of rotatable bonds is 4. The molecule has 0 atom stereocenters. The van der Waals surface area contributed by atoms with Crippen molar-refractivity contribution in [3.8, 4) is 0 Å². The summed E-state index contributed by atoms with van der Waals surface area (Å²) < 4.78 is 0. The van der Waals surface area contributed by atoms with Gasteiger partial charge in [-0.05, 0) is 43.4 Å². The van der Waals surface area contributed by atoms with Crippen molar-refractivity contribution in [1.82, 2.24) is 4.90 Å². The molecule has 1 heterocycles. The largest absolute Gasteiger partial charge is 0.343 e. The second kappa shape index (κ2) is 7.43. The molecule has 1 aliphatic heterocycles. The molecule has 1 N–H and O–H groups in total. The van der Waals surface area contributed by atoms with Gasteiger partial charge in [0.1, 0.15) is 0 Å². The molecular weight excluding hydrogens is 276 g/mol. The lowest BCUT2D eigenvalue weighted by Crippen LogP contribution is -2.41. The van der Waals surface area contributed by atoms with E-state index in [1.165, 1.54) is 0 Å². The van der Waals surface area contributed by atoms with Crippen LogP contribution in [-0.2, 0) is 9.59 Å². The first-order chi connectivity index (χ1) is 10.5. The third kappa shape index (κ3) is 4.58. The Morgan fingerprint density at radius 3 is 2.55 bits per heavy atom. The smallest absolute Gasteiger partial charge is 0.227 e. The molecule has 4 nitrogen and oxygen atoms in total. The number of benzene rings is 1. The highest BCUT2D eigenvalue weighted by molar-refractivity contribution is 5.92. The predicted molar refractivity (Wildman–Crippen MR) is 88.6 cm³/mol. The van der Waals surface area contributed by atoms with Crippen LogP contribution in [0.25, 0.3) is 0 Å². The van der Waals surface area contributed by atoms with E-state index in [2.05, 4.69) is 19.2 Å². The molecule has 0 unspecified atom stereocenters. The van der Waals surface area contributed by atoms with Gasteiger partial charge in [-0.3, -0.25) is 9.59 Å². The summed E-state index contributed by atoms with van der Waals surface area (Å²) in [6.45, 7) is 7.50. The Morgan fingerprint density at radius 1 is 1.27 bits per heavy atom. The molecule has 0 bridgehead atoms. The summed E-state index contributed by atoms with van der Waals surface area (Å²) in [5.41, 5.74) is 1.98. The second-order valence-corrected chi connectivity index (χ2v) is 6.61. The van der Waals surface area contributed by atoms with Crippen LogP contribution in [0.3, 0.4) is 0 Å². The average Bonchev–Trinajstić information content (AvgIpc) is 2.46. The van der Waals surface area contributed by atoms with E-state index in [4.69, 9.17) is 0 Å². The maximum Gasteiger partial charge on any atom is 0.227 e. The molecule has 22 heavy (non-hydrogen) atoms. The van der Waals surface area contributed by atoms with Crippen molar-refractivity contribution in [2.75, 3.05) is 18.4 Å². The van der Waals surface area contributed by atoms with E-state index in [1.807, 2.05) is 36.1 Å². The Morgan fingerprint density at radius 2 is 1.95 bits per heavy atom. The summed E-state index contributed by atoms with van der Waals surface area (Å²) >= 11 is 0. The van der Waals surface area contributed by atoms with Crippen LogP contribution in [0.15, 0.2) is 24.3 Å². The standard InChI is InChI=1S/C18H26N2O2/c1-13(2)11-17(21)20-9-7-15(8-10-20)18(22)19-16-6-4-5-14(3)12-16/h4-6,12-13,15H,7-11H2,1-3H3,(H,19,22). The molecule has 1 aromatic rings. The Labute approximate surface area is 132 Å². The highest BCUT2D eigenvalue weighted by Crippen LogP contribution is 2.21. The van der Waals surface area contributed by atoms with Crippen molar-refractivity contribution in [3.63, 3.8) is 0 Å². The molecule has 2 rings (SSSR count). The molecule has 0 aliphatic carbocycles. The minimum absolute atomic E-state index is 0.00334.